The number of carbonyl (C=O) groups is 1. The molecule has 5 aliphatic carbocycles. The smallest absolute Gasteiger partial charge is 0.315 e. The Morgan fingerprint density at radius 1 is 0.353 bits per heavy atom. The van der Waals surface area contributed by atoms with Crippen molar-refractivity contribution in [3.05, 3.63) is 11.6 Å². The minimum Gasteiger partial charge on any atom is -0.432 e. The molecule has 27 N–H and O–H groups in total. The highest BCUT2D eigenvalue weighted by molar-refractivity contribution is 5.79. The van der Waals surface area contributed by atoms with Gasteiger partial charge in [0.15, 0.2) is 56.6 Å². The third-order valence-electron chi connectivity index (χ3n) is 33.2. The van der Waals surface area contributed by atoms with E-state index in [9.17, 15) is 138 Å². The number of esters is 1. The van der Waals surface area contributed by atoms with Crippen LogP contribution in [-0.2, 0) is 99.5 Å². The molecule has 48 nitrogen and oxygen atoms in total. The molecular weight excluding hydrogens is 1820 g/mol. The van der Waals surface area contributed by atoms with Crippen molar-refractivity contribution in [3.63, 3.8) is 0 Å². The lowest BCUT2D eigenvalue weighted by atomic mass is 9.33. The molecule has 0 spiro atoms. The van der Waals surface area contributed by atoms with E-state index in [4.69, 9.17) is 94.7 Å². The van der Waals surface area contributed by atoms with E-state index in [1.54, 1.807) is 6.92 Å². The molecule has 14 fully saturated rings. The number of hydrogen-bond donors (Lipinski definition) is 27. The third-order valence-corrected chi connectivity index (χ3v) is 33.2. The van der Waals surface area contributed by atoms with Crippen LogP contribution in [0.2, 0.25) is 0 Å². The second-order valence-electron chi connectivity index (χ2n) is 42.3. The van der Waals surface area contributed by atoms with Crippen LogP contribution in [0.15, 0.2) is 11.6 Å². The van der Waals surface area contributed by atoms with Gasteiger partial charge in [-0.2, -0.15) is 0 Å². The maximum atomic E-state index is 15.5. The topological polar surface area (TPSA) is 748 Å². The number of fused-ring (bicyclic) bond motifs is 7. The number of carbonyl (C=O) groups excluding carboxylic acids is 1. The number of hydrogen-bond acceptors (Lipinski definition) is 48. The van der Waals surface area contributed by atoms with Gasteiger partial charge in [-0.15, -0.1) is 0 Å². The summed E-state index contributed by atoms with van der Waals surface area (Å²) in [7, 11) is 0. The molecule has 10 saturated heterocycles. The third kappa shape index (κ3) is 19.7. The predicted molar refractivity (Wildman–Crippen MR) is 442 cm³/mol. The fraction of sp³-hybridized carbons (Fsp3) is 0.966. The first-order valence-electron chi connectivity index (χ1n) is 47.3. The van der Waals surface area contributed by atoms with Crippen LogP contribution in [0, 0.1) is 50.2 Å². The Morgan fingerprint density at radius 2 is 0.757 bits per heavy atom. The fourth-order valence-corrected chi connectivity index (χ4v) is 24.5. The minimum atomic E-state index is -2.10. The summed E-state index contributed by atoms with van der Waals surface area (Å²) < 4.78 is 118. The lowest BCUT2D eigenvalue weighted by Gasteiger charge is -2.71. The Kier molecular flexibility index (Phi) is 33.2. The van der Waals surface area contributed by atoms with Crippen LogP contribution in [0.1, 0.15) is 133 Å². The molecular formula is C88H144O48. The molecule has 0 aromatic rings. The molecule has 0 aromatic heterocycles. The number of aliphatic hydroxyl groups is 27. The highest BCUT2D eigenvalue weighted by Gasteiger charge is 2.72. The lowest BCUT2D eigenvalue weighted by molar-refractivity contribution is -0.386. The second-order valence-corrected chi connectivity index (χ2v) is 42.3. The van der Waals surface area contributed by atoms with E-state index in [0.29, 0.717) is 51.4 Å². The average Bonchev–Trinajstić information content (AvgIpc) is 0.672. The van der Waals surface area contributed by atoms with Crippen LogP contribution in [0.4, 0.5) is 0 Å². The van der Waals surface area contributed by atoms with Gasteiger partial charge in [-0.1, -0.05) is 60.1 Å². The van der Waals surface area contributed by atoms with Gasteiger partial charge in [0.1, 0.15) is 214 Å². The van der Waals surface area contributed by atoms with Crippen molar-refractivity contribution in [1.82, 2.24) is 0 Å². The van der Waals surface area contributed by atoms with E-state index in [-0.39, 0.29) is 34.0 Å². The van der Waals surface area contributed by atoms with Crippen molar-refractivity contribution < 1.29 is 237 Å². The molecule has 136 heavy (non-hydrogen) atoms. The molecule has 15 rings (SSSR count). The average molecular weight is 1970 g/mol. The first-order chi connectivity index (χ1) is 63.9. The first kappa shape index (κ1) is 108. The van der Waals surface area contributed by atoms with Crippen molar-refractivity contribution >= 4 is 5.97 Å². The zero-order valence-corrected chi connectivity index (χ0v) is 77.3. The molecule has 784 valence electrons. The van der Waals surface area contributed by atoms with E-state index in [0.717, 1.165) is 18.4 Å². The van der Waals surface area contributed by atoms with Gasteiger partial charge in [0.2, 0.25) is 6.29 Å². The molecule has 0 aromatic carbocycles. The first-order valence-corrected chi connectivity index (χ1v) is 47.3. The van der Waals surface area contributed by atoms with Gasteiger partial charge in [0, 0.05) is 0 Å². The van der Waals surface area contributed by atoms with Crippen LogP contribution in [0.25, 0.3) is 0 Å². The van der Waals surface area contributed by atoms with Crippen molar-refractivity contribution in [2.75, 3.05) is 46.2 Å². The van der Waals surface area contributed by atoms with Gasteiger partial charge in [0.05, 0.1) is 76.1 Å². The lowest BCUT2D eigenvalue weighted by Crippen LogP contribution is -2.66. The molecule has 10 heterocycles. The fourth-order valence-electron chi connectivity index (χ4n) is 24.5. The summed E-state index contributed by atoms with van der Waals surface area (Å²) in [6, 6.07) is 0. The van der Waals surface area contributed by atoms with Gasteiger partial charge in [-0.25, -0.2) is 0 Å². The van der Waals surface area contributed by atoms with Crippen molar-refractivity contribution in [3.8, 4) is 0 Å². The Balaban J connectivity index is 0.541. The van der Waals surface area contributed by atoms with Crippen LogP contribution in [0.5, 0.6) is 0 Å². The van der Waals surface area contributed by atoms with Crippen molar-refractivity contribution in [2.45, 2.75) is 434 Å². The van der Waals surface area contributed by atoms with Crippen molar-refractivity contribution in [1.29, 1.82) is 0 Å². The SMILES string of the molecule is C[C@@H]1O[C@@H](O[C@@H]2CC[C@@]3(C)[C@H](CC[C@@]4(C)[C@H]3CC=C3[C@@H]5CC(C)(C)CC[C@]5(C(=O)O[C@H]5O[C@@H](CO[C@@H]6O[C@H](CO)[C@H](O[C@H]7O[C@H](CO)[C@H](O[C@H]8O[C@H](C)[C@@H](O)[C@@H](O)[C@H]8O)[C@@H](O)[C@@H]7O)[C@@H](O)[C@H]6O)[C@@H](O)[C@@H](O)[C@@H]5O)CC[C@@]34C)C2(C)C)[C@H](O)[C@@H](O)[C@@H]1O[C@H]1OC[C@@H](O)[C@H](O)[C@H]1O[C@H]1OC[C@H](O[C@@H]2O[C@@H](CO)[C@@H](O[C@@H]3O[C@@H](CO[C@H]4O[C@H](C)[C@@H](O)[C@H](O)[C@H]4O)[C@H](O)[C@@H](O)[C@@H]3O)[C@@H](O)[C@@H]2O)[C@H](O)[C@@H]1O. The molecule has 4 saturated carbocycles. The summed E-state index contributed by atoms with van der Waals surface area (Å²) in [5, 5.41) is 298. The van der Waals surface area contributed by atoms with Crippen molar-refractivity contribution in [2.24, 2.45) is 50.2 Å². The van der Waals surface area contributed by atoms with E-state index >= 15 is 4.79 Å². The Bertz CT molecular complexity index is 3950. The maximum absolute atomic E-state index is 15.5. The summed E-state index contributed by atoms with van der Waals surface area (Å²) in [6.07, 6.45) is -76.2. The molecule has 10 aliphatic heterocycles. The van der Waals surface area contributed by atoms with Gasteiger partial charge in [-0.05, 0) is 130 Å². The Labute approximate surface area is 783 Å². The second kappa shape index (κ2) is 41.9. The summed E-state index contributed by atoms with van der Waals surface area (Å²) in [5.41, 5.74) is -1.94. The van der Waals surface area contributed by atoms with Crippen LogP contribution < -0.4 is 0 Å². The van der Waals surface area contributed by atoms with Crippen LogP contribution in [-0.4, -0.2) is 491 Å². The highest BCUT2D eigenvalue weighted by atomic mass is 16.8. The summed E-state index contributed by atoms with van der Waals surface area (Å²) in [4.78, 5) is 15.5. The van der Waals surface area contributed by atoms with Gasteiger partial charge < -0.3 is 233 Å². The molecule has 0 bridgehead atoms. The monoisotopic (exact) mass is 1970 g/mol. The molecule has 0 unspecified atom stereocenters. The summed E-state index contributed by atoms with van der Waals surface area (Å²) in [5.74, 6) is -0.894. The van der Waals surface area contributed by atoms with Gasteiger partial charge in [-0.3, -0.25) is 4.79 Å². The minimum absolute atomic E-state index is 0.0366. The quantitative estimate of drug-likeness (QED) is 0.0229. The Hall–Kier alpha value is -2.63. The predicted octanol–water partition coefficient (Wildman–Crippen LogP) is -10.7. The highest BCUT2D eigenvalue weighted by Crippen LogP contribution is 2.76. The zero-order chi connectivity index (χ0) is 99.0. The van der Waals surface area contributed by atoms with E-state index in [1.165, 1.54) is 13.8 Å². The largest absolute Gasteiger partial charge is 0.432 e. The standard InChI is InChI=1S/C88H144O48/c1-29-44(93)50(99)59(108)72(121-29)118-26-38-47(96)52(101)61(110)78(128-38)133-70-36(23-90)125-77(65(114)56(70)105)127-40-28-120-74(58(107)49(40)98)135-71-46(95)34(92)25-117-81(71)131-67-31(3)123-75(64(113)54(67)103)130-43-14-15-85(8)41(84(43,6)7)13-16-87(10)42(85)12-11-32-33-21-83(4,5)17-19-88(33,20-18-86(32,87)9)82(116)136-80-62(111)53(102)48(97)39(129-80)27-119-73-63(112)55(104)68(35(22-89)124-73)134-79-66(115)57(106)69(37(24-91)126-79)132-76-60(109)51(100)45(94)30(2)122-76/h11,29-31,33-81,89-115H,12-28H2,1-10H3/t29-,30-,31+,33+,34-,35-,36+,37-,38+,39+,40+,41-,42+,43-,44-,45-,46+,47+,48-,49+,50+,51-,52-,53-,54-,55+,56+,57+,58+,59-,60-,61+,62+,63-,64-,65+,66+,67-,68+,69+,70-,71-,72+,73-,74-,75+,76-,77+,78+,79-,80-,81-,85+,86+,87+,88+/m1/s1. The summed E-state index contributed by atoms with van der Waals surface area (Å²) in [6.45, 7) is 14.5. The van der Waals surface area contributed by atoms with E-state index in [1.807, 2.05) is 0 Å². The number of allylic oxidation sites excluding steroid dienone is 2. The van der Waals surface area contributed by atoms with Gasteiger partial charge >= 0.3 is 5.97 Å². The molecule has 48 heteroatoms. The molecule has 0 amide bonds. The van der Waals surface area contributed by atoms with Crippen LogP contribution >= 0.6 is 0 Å². The Morgan fingerprint density at radius 3 is 1.30 bits per heavy atom. The maximum Gasteiger partial charge on any atom is 0.315 e. The van der Waals surface area contributed by atoms with E-state index < -0.39 is 369 Å². The number of aliphatic hydroxyl groups excluding tert-OH is 27. The van der Waals surface area contributed by atoms with E-state index in [2.05, 4.69) is 54.5 Å². The number of ether oxygens (including phenoxy) is 20. The molecule has 0 radical (unpaired) electrons. The molecule has 56 atom stereocenters. The summed E-state index contributed by atoms with van der Waals surface area (Å²) >= 11 is 0. The van der Waals surface area contributed by atoms with Gasteiger partial charge in [0.25, 0.3) is 0 Å². The molecule has 15 aliphatic rings. The number of rotatable bonds is 25. The zero-order valence-electron chi connectivity index (χ0n) is 77.3. The van der Waals surface area contributed by atoms with Crippen LogP contribution in [0.3, 0.4) is 0 Å². The normalized spacial score (nSPS) is 54.9.